The van der Waals surface area contributed by atoms with Crippen LogP contribution in [0.1, 0.15) is 0 Å². The zero-order chi connectivity index (χ0) is 11.1. The van der Waals surface area contributed by atoms with Gasteiger partial charge in [0.05, 0.1) is 15.2 Å². The van der Waals surface area contributed by atoms with E-state index in [0.29, 0.717) is 0 Å². The Labute approximate surface area is 87.2 Å². The van der Waals surface area contributed by atoms with E-state index in [1.807, 2.05) is 0 Å². The number of hydrogen-bond donors (Lipinski definition) is 0. The van der Waals surface area contributed by atoms with Crippen molar-refractivity contribution in [2.24, 2.45) is 0 Å². The van der Waals surface area contributed by atoms with Gasteiger partial charge in [0.2, 0.25) is 0 Å². The van der Waals surface area contributed by atoms with Gasteiger partial charge in [-0.15, -0.1) is 0 Å². The second kappa shape index (κ2) is 3.64. The normalized spacial score (nSPS) is 15.2. The highest BCUT2D eigenvalue weighted by Crippen LogP contribution is 2.30. The molecular formula is C9H27NSi3. The molecule has 0 aliphatic rings. The van der Waals surface area contributed by atoms with Crippen LogP contribution in [0.15, 0.2) is 0 Å². The molecule has 0 aromatic rings. The molecule has 0 amide bonds. The van der Waals surface area contributed by atoms with E-state index in [4.69, 9.17) is 0 Å². The molecule has 0 fully saturated rings. The van der Waals surface area contributed by atoms with Gasteiger partial charge in [-0.05, 0) is 14.1 Å². The first kappa shape index (κ1) is 13.6. The van der Waals surface area contributed by atoms with E-state index in [1.54, 1.807) is 0 Å². The SMILES string of the molecule is CN(C)[Si](C)([Si](C)(C)C)[Si](C)(C)C. The summed E-state index contributed by atoms with van der Waals surface area (Å²) in [7, 11) is 1.53. The summed E-state index contributed by atoms with van der Waals surface area (Å²) in [5.74, 6) is 0. The highest BCUT2D eigenvalue weighted by molar-refractivity contribution is 7.67. The Morgan fingerprint density at radius 3 is 0.846 bits per heavy atom. The molecule has 0 spiro atoms. The Balaban J connectivity index is 5.22. The lowest BCUT2D eigenvalue weighted by Crippen LogP contribution is -2.76. The van der Waals surface area contributed by atoms with Gasteiger partial charge >= 0.3 is 0 Å². The van der Waals surface area contributed by atoms with E-state index < -0.39 is 22.5 Å². The summed E-state index contributed by atoms with van der Waals surface area (Å²) < 4.78 is 2.62. The quantitative estimate of drug-likeness (QED) is 0.678. The zero-order valence-corrected chi connectivity index (χ0v) is 13.9. The lowest BCUT2D eigenvalue weighted by atomic mass is 11.3. The molecule has 0 unspecified atom stereocenters. The second-order valence-corrected chi connectivity index (χ2v) is 34.8. The maximum absolute atomic E-state index is 2.62. The van der Waals surface area contributed by atoms with Crippen LogP contribution in [-0.2, 0) is 0 Å². The highest BCUT2D eigenvalue weighted by Gasteiger charge is 2.52. The number of nitrogens with zero attached hydrogens (tertiary/aromatic N) is 1. The van der Waals surface area contributed by atoms with Gasteiger partial charge in [0.15, 0.2) is 0 Å². The summed E-state index contributed by atoms with van der Waals surface area (Å²) in [5.41, 5.74) is 0. The Bertz CT molecular complexity index is 162. The predicted octanol–water partition coefficient (Wildman–Crippen LogP) is 2.96. The van der Waals surface area contributed by atoms with E-state index in [2.05, 4.69) is 64.5 Å². The van der Waals surface area contributed by atoms with E-state index >= 15 is 0 Å². The van der Waals surface area contributed by atoms with Crippen molar-refractivity contribution in [3.05, 3.63) is 0 Å². The lowest BCUT2D eigenvalue weighted by molar-refractivity contribution is 0.645. The van der Waals surface area contributed by atoms with Crippen molar-refractivity contribution in [2.75, 3.05) is 14.1 Å². The summed E-state index contributed by atoms with van der Waals surface area (Å²) >= 11 is 0. The summed E-state index contributed by atoms with van der Waals surface area (Å²) in [6.45, 7) is 17.9. The van der Waals surface area contributed by atoms with Crippen molar-refractivity contribution < 1.29 is 0 Å². The lowest BCUT2D eigenvalue weighted by Gasteiger charge is -2.51. The van der Waals surface area contributed by atoms with Gasteiger partial charge in [0.1, 0.15) is 7.27 Å². The summed E-state index contributed by atoms with van der Waals surface area (Å²) in [6, 6.07) is 0. The van der Waals surface area contributed by atoms with Crippen molar-refractivity contribution in [1.29, 1.82) is 0 Å². The maximum Gasteiger partial charge on any atom is 0.105 e. The van der Waals surface area contributed by atoms with Crippen molar-refractivity contribution in [1.82, 2.24) is 4.57 Å². The predicted molar refractivity (Wildman–Crippen MR) is 72.0 cm³/mol. The Kier molecular flexibility index (Phi) is 3.81. The summed E-state index contributed by atoms with van der Waals surface area (Å²) in [4.78, 5) is 0. The molecule has 0 aliphatic heterocycles. The molecule has 0 saturated heterocycles. The van der Waals surface area contributed by atoms with Crippen LogP contribution in [0.2, 0.25) is 45.8 Å². The minimum Gasteiger partial charge on any atom is -0.333 e. The van der Waals surface area contributed by atoms with Crippen LogP contribution in [-0.4, -0.2) is 41.1 Å². The molecule has 1 nitrogen and oxygen atoms in total. The largest absolute Gasteiger partial charge is 0.333 e. The molecule has 0 aromatic carbocycles. The van der Waals surface area contributed by atoms with Crippen molar-refractivity contribution >= 4 is 22.5 Å². The van der Waals surface area contributed by atoms with Gasteiger partial charge in [-0.1, -0.05) is 45.8 Å². The zero-order valence-electron chi connectivity index (χ0n) is 10.9. The van der Waals surface area contributed by atoms with Crippen LogP contribution in [0.25, 0.3) is 0 Å². The standard InChI is InChI=1S/C9H27NSi3/c1-10(2)13(9,11(3,4)5)12(6,7)8/h1-9H3. The van der Waals surface area contributed by atoms with Crippen molar-refractivity contribution in [3.63, 3.8) is 0 Å². The molecule has 0 N–H and O–H groups in total. The van der Waals surface area contributed by atoms with E-state index in [-0.39, 0.29) is 0 Å². The first-order valence-corrected chi connectivity index (χ1v) is 16.6. The van der Waals surface area contributed by atoms with Crippen LogP contribution in [0, 0.1) is 0 Å². The van der Waals surface area contributed by atoms with Gasteiger partial charge in [-0.2, -0.15) is 0 Å². The highest BCUT2D eigenvalue weighted by atomic mass is 29.6. The number of rotatable bonds is 3. The van der Waals surface area contributed by atoms with Crippen LogP contribution in [0.3, 0.4) is 0 Å². The fourth-order valence-electron chi connectivity index (χ4n) is 2.47. The molecular weight excluding hydrogens is 206 g/mol. The molecule has 0 rings (SSSR count). The van der Waals surface area contributed by atoms with Crippen molar-refractivity contribution in [3.8, 4) is 0 Å². The first-order chi connectivity index (χ1) is 5.44. The van der Waals surface area contributed by atoms with Crippen LogP contribution >= 0.6 is 0 Å². The Morgan fingerprint density at radius 2 is 0.846 bits per heavy atom. The van der Waals surface area contributed by atoms with Crippen LogP contribution < -0.4 is 0 Å². The molecule has 80 valence electrons. The van der Waals surface area contributed by atoms with Gasteiger partial charge in [-0.3, -0.25) is 0 Å². The molecule has 0 saturated carbocycles. The smallest absolute Gasteiger partial charge is 0.105 e. The minimum atomic E-state index is -1.12. The van der Waals surface area contributed by atoms with Crippen molar-refractivity contribution in [2.45, 2.75) is 45.8 Å². The summed E-state index contributed by atoms with van der Waals surface area (Å²) in [6.07, 6.45) is 0. The fraction of sp³-hybridized carbons (Fsp3) is 1.00. The minimum absolute atomic E-state index is 0.983. The molecule has 0 aliphatic carbocycles. The van der Waals surface area contributed by atoms with Crippen LogP contribution in [0.4, 0.5) is 0 Å². The average molecular weight is 234 g/mol. The fourth-order valence-corrected chi connectivity index (χ4v) is 42.4. The topological polar surface area (TPSA) is 3.24 Å². The number of hydrogen-bond acceptors (Lipinski definition) is 1. The van der Waals surface area contributed by atoms with E-state index in [9.17, 15) is 0 Å². The Hall–Kier alpha value is 0.611. The second-order valence-electron chi connectivity index (χ2n) is 6.47. The third-order valence-corrected chi connectivity index (χ3v) is 45.2. The average Bonchev–Trinajstić information content (AvgIpc) is 1.80. The third kappa shape index (κ3) is 2.34. The molecule has 0 atom stereocenters. The van der Waals surface area contributed by atoms with Gasteiger partial charge < -0.3 is 4.57 Å². The molecule has 4 heteroatoms. The molecule has 13 heavy (non-hydrogen) atoms. The third-order valence-electron chi connectivity index (χ3n) is 3.82. The molecule has 0 radical (unpaired) electrons. The molecule has 0 aromatic heterocycles. The van der Waals surface area contributed by atoms with Crippen LogP contribution in [0.5, 0.6) is 0 Å². The first-order valence-electron chi connectivity index (χ1n) is 5.12. The maximum atomic E-state index is 2.62. The van der Waals surface area contributed by atoms with E-state index in [0.717, 1.165) is 0 Å². The summed E-state index contributed by atoms with van der Waals surface area (Å²) in [5, 5.41) is 0. The molecule has 0 heterocycles. The van der Waals surface area contributed by atoms with Gasteiger partial charge in [0, 0.05) is 0 Å². The van der Waals surface area contributed by atoms with Gasteiger partial charge in [0.25, 0.3) is 0 Å². The Morgan fingerprint density at radius 1 is 0.615 bits per heavy atom. The monoisotopic (exact) mass is 233 g/mol. The molecule has 0 bridgehead atoms. The van der Waals surface area contributed by atoms with Gasteiger partial charge in [-0.25, -0.2) is 0 Å². The van der Waals surface area contributed by atoms with E-state index in [1.165, 1.54) is 0 Å².